The van der Waals surface area contributed by atoms with Crippen molar-refractivity contribution < 1.29 is 15.1 Å². The Morgan fingerprint density at radius 3 is 2.56 bits per heavy atom. The number of pyridine rings is 1. The average molecular weight is 465 g/mol. The number of aliphatic imine (C=N–C) groups is 1. The summed E-state index contributed by atoms with van der Waals surface area (Å²) in [4.78, 5) is 15.9. The topological polar surface area (TPSA) is 140 Å². The van der Waals surface area contributed by atoms with Crippen molar-refractivity contribution in [3.8, 4) is 6.07 Å². The molecular weight excluding hydrogens is 432 g/mol. The minimum Gasteiger partial charge on any atom is -0.395 e. The van der Waals surface area contributed by atoms with Gasteiger partial charge in [-0.1, -0.05) is 18.7 Å². The second-order valence-electron chi connectivity index (χ2n) is 8.55. The van der Waals surface area contributed by atoms with Crippen LogP contribution in [0.2, 0.25) is 0 Å². The fourth-order valence-electron chi connectivity index (χ4n) is 3.98. The quantitative estimate of drug-likeness (QED) is 0.264. The number of aromatic nitrogens is 1. The Kier molecular flexibility index (Phi) is 8.73. The van der Waals surface area contributed by atoms with Gasteiger partial charge in [0.25, 0.3) is 0 Å². The van der Waals surface area contributed by atoms with Gasteiger partial charge in [0.2, 0.25) is 5.90 Å². The summed E-state index contributed by atoms with van der Waals surface area (Å²) in [5.41, 5.74) is 4.53. The van der Waals surface area contributed by atoms with Gasteiger partial charge >= 0.3 is 0 Å². The van der Waals surface area contributed by atoms with E-state index in [2.05, 4.69) is 45.0 Å². The molecule has 0 bridgehead atoms. The predicted molar refractivity (Wildman–Crippen MR) is 132 cm³/mol. The molecule has 180 valence electrons. The summed E-state index contributed by atoms with van der Waals surface area (Å²) in [7, 11) is 0. The second-order valence-corrected chi connectivity index (χ2v) is 8.55. The number of nitrogens with one attached hydrogen (secondary N) is 1. The second kappa shape index (κ2) is 11.7. The highest BCUT2D eigenvalue weighted by Gasteiger charge is 2.21. The first-order valence-corrected chi connectivity index (χ1v) is 11.3. The molecule has 1 aromatic heterocycles. The highest BCUT2D eigenvalue weighted by Crippen LogP contribution is 2.24. The largest absolute Gasteiger partial charge is 0.395 e. The van der Waals surface area contributed by atoms with Crippen LogP contribution in [0, 0.1) is 11.3 Å². The van der Waals surface area contributed by atoms with Crippen molar-refractivity contribution in [2.24, 2.45) is 10.9 Å². The normalized spacial score (nSPS) is 14.5. The number of aliphatic hydroxyl groups is 2. The first kappa shape index (κ1) is 25.3. The van der Waals surface area contributed by atoms with E-state index < -0.39 is 0 Å². The van der Waals surface area contributed by atoms with Crippen molar-refractivity contribution in [1.82, 2.24) is 9.88 Å². The molecular formula is C25H32N6O3. The zero-order chi connectivity index (χ0) is 24.7. The zero-order valence-electron chi connectivity index (χ0n) is 19.7. The number of rotatable bonds is 8. The molecule has 0 unspecified atom stereocenters. The molecule has 0 fully saturated rings. The molecule has 0 spiro atoms. The number of nitriles is 1. The van der Waals surface area contributed by atoms with Gasteiger partial charge in [0.15, 0.2) is 0 Å². The molecule has 0 saturated carbocycles. The Hall–Kier alpha value is -3.29. The molecule has 5 N–H and O–H groups in total. The molecule has 0 radical (unpaired) electrons. The van der Waals surface area contributed by atoms with Crippen LogP contribution < -0.4 is 11.2 Å². The van der Waals surface area contributed by atoms with Gasteiger partial charge in [-0.2, -0.15) is 11.2 Å². The lowest BCUT2D eigenvalue weighted by molar-refractivity contribution is 0.0769. The maximum absolute atomic E-state index is 9.52. The summed E-state index contributed by atoms with van der Waals surface area (Å²) in [5.74, 6) is 6.10. The number of nitrogens with two attached hydrogens (primary N) is 1. The fourth-order valence-corrected chi connectivity index (χ4v) is 3.98. The number of aliphatic hydroxyl groups excluding tert-OH is 2. The molecule has 0 amide bonds. The van der Waals surface area contributed by atoms with E-state index in [4.69, 9.17) is 10.7 Å². The molecule has 34 heavy (non-hydrogen) atoms. The third-order valence-corrected chi connectivity index (χ3v) is 5.84. The van der Waals surface area contributed by atoms with Gasteiger partial charge in [-0.3, -0.25) is 4.90 Å². The van der Waals surface area contributed by atoms with Crippen molar-refractivity contribution in [2.45, 2.75) is 38.8 Å². The van der Waals surface area contributed by atoms with Gasteiger partial charge < -0.3 is 20.4 Å². The van der Waals surface area contributed by atoms with Gasteiger partial charge in [0.05, 0.1) is 36.1 Å². The standard InChI is InChI=1S/C25H32N6O3/c1-16(2)29-24-21(12-26)11-22(13-28-24)25(34-27)30-17(3)19-5-4-18-6-8-31(23(14-32)15-33)9-7-20(18)10-19/h4-5,10-11,13,16,23,32-33H,3,6-9,14-15,27H2,1-2H3,(H,28,29). The van der Waals surface area contributed by atoms with Crippen molar-refractivity contribution in [3.05, 3.63) is 64.9 Å². The number of nitrogens with zero attached hydrogens (tertiary/aromatic N) is 4. The third kappa shape index (κ3) is 5.98. The lowest BCUT2D eigenvalue weighted by Crippen LogP contribution is -2.42. The van der Waals surface area contributed by atoms with Crippen LogP contribution in [0.4, 0.5) is 5.82 Å². The van der Waals surface area contributed by atoms with Gasteiger partial charge in [-0.05, 0) is 55.5 Å². The molecule has 2 heterocycles. The Morgan fingerprint density at radius 2 is 1.94 bits per heavy atom. The molecule has 1 aliphatic rings. The number of benzene rings is 1. The van der Waals surface area contributed by atoms with Crippen molar-refractivity contribution in [3.63, 3.8) is 0 Å². The van der Waals surface area contributed by atoms with Crippen LogP contribution in [0.1, 0.15) is 41.7 Å². The molecule has 3 rings (SSSR count). The van der Waals surface area contributed by atoms with E-state index in [0.29, 0.717) is 22.6 Å². The van der Waals surface area contributed by atoms with Gasteiger partial charge in [0.1, 0.15) is 11.9 Å². The lowest BCUT2D eigenvalue weighted by atomic mass is 9.99. The first-order valence-electron chi connectivity index (χ1n) is 11.3. The summed E-state index contributed by atoms with van der Waals surface area (Å²) in [6.07, 6.45) is 3.17. The molecule has 9 nitrogen and oxygen atoms in total. The van der Waals surface area contributed by atoms with E-state index in [1.54, 1.807) is 12.3 Å². The van der Waals surface area contributed by atoms with Crippen LogP contribution in [0.25, 0.3) is 5.70 Å². The number of anilines is 1. The molecule has 9 heteroatoms. The van der Waals surface area contributed by atoms with Gasteiger partial charge in [-0.25, -0.2) is 9.98 Å². The van der Waals surface area contributed by atoms with E-state index in [1.165, 1.54) is 11.1 Å². The van der Waals surface area contributed by atoms with E-state index >= 15 is 0 Å². The summed E-state index contributed by atoms with van der Waals surface area (Å²) < 4.78 is 0. The minimum absolute atomic E-state index is 0.0671. The lowest BCUT2D eigenvalue weighted by Gasteiger charge is -2.27. The van der Waals surface area contributed by atoms with Gasteiger partial charge in [0, 0.05) is 25.3 Å². The van der Waals surface area contributed by atoms with Crippen LogP contribution in [0.15, 0.2) is 42.0 Å². The van der Waals surface area contributed by atoms with Crippen molar-refractivity contribution in [1.29, 1.82) is 5.26 Å². The summed E-state index contributed by atoms with van der Waals surface area (Å²) in [5, 5.41) is 31.7. The summed E-state index contributed by atoms with van der Waals surface area (Å²) in [6.45, 7) is 9.40. The van der Waals surface area contributed by atoms with E-state index in [-0.39, 0.29) is 31.2 Å². The molecule has 0 aliphatic carbocycles. The molecule has 0 atom stereocenters. The van der Waals surface area contributed by atoms with E-state index in [1.807, 2.05) is 19.9 Å². The zero-order valence-corrected chi connectivity index (χ0v) is 19.7. The number of hydrogen-bond acceptors (Lipinski definition) is 9. The van der Waals surface area contributed by atoms with Crippen LogP contribution >= 0.6 is 0 Å². The van der Waals surface area contributed by atoms with Crippen LogP contribution in [0.3, 0.4) is 0 Å². The maximum Gasteiger partial charge on any atom is 0.246 e. The Labute approximate surface area is 200 Å². The van der Waals surface area contributed by atoms with Gasteiger partial charge in [-0.15, -0.1) is 0 Å². The Morgan fingerprint density at radius 1 is 1.24 bits per heavy atom. The minimum atomic E-state index is -0.244. The summed E-state index contributed by atoms with van der Waals surface area (Å²) >= 11 is 0. The van der Waals surface area contributed by atoms with Crippen molar-refractivity contribution in [2.75, 3.05) is 31.6 Å². The van der Waals surface area contributed by atoms with Crippen LogP contribution in [0.5, 0.6) is 0 Å². The Balaban J connectivity index is 1.82. The maximum atomic E-state index is 9.52. The van der Waals surface area contributed by atoms with Crippen molar-refractivity contribution >= 4 is 17.4 Å². The SMILES string of the molecule is C=C(N=C(ON)c1cnc(NC(C)C)c(C#N)c1)c1ccc2c(c1)CCN(C(CO)CO)CC2. The molecule has 2 aromatic rings. The first-order chi connectivity index (χ1) is 16.4. The number of hydrogen-bond donors (Lipinski definition) is 4. The smallest absolute Gasteiger partial charge is 0.246 e. The fraction of sp³-hybridized carbons (Fsp3) is 0.400. The van der Waals surface area contributed by atoms with Crippen LogP contribution in [-0.2, 0) is 17.7 Å². The monoisotopic (exact) mass is 464 g/mol. The third-order valence-electron chi connectivity index (χ3n) is 5.84. The highest BCUT2D eigenvalue weighted by atomic mass is 16.6. The molecule has 1 aliphatic heterocycles. The molecule has 1 aromatic carbocycles. The van der Waals surface area contributed by atoms with E-state index in [9.17, 15) is 15.5 Å². The average Bonchev–Trinajstić information content (AvgIpc) is 3.05. The van der Waals surface area contributed by atoms with Crippen LogP contribution in [-0.4, -0.2) is 64.4 Å². The summed E-state index contributed by atoms with van der Waals surface area (Å²) in [6, 6.07) is 9.72. The Bertz CT molecular complexity index is 1090. The van der Waals surface area contributed by atoms with E-state index in [0.717, 1.165) is 31.5 Å². The number of fused-ring (bicyclic) bond motifs is 1. The predicted octanol–water partition coefficient (Wildman–Crippen LogP) is 1.84. The highest BCUT2D eigenvalue weighted by molar-refractivity contribution is 5.97. The molecule has 0 saturated heterocycles.